The summed E-state index contributed by atoms with van der Waals surface area (Å²) in [6, 6.07) is 14.1. The fourth-order valence-electron chi connectivity index (χ4n) is 1.89. The van der Waals surface area contributed by atoms with E-state index in [4.69, 9.17) is 5.26 Å². The van der Waals surface area contributed by atoms with Gasteiger partial charge in [-0.25, -0.2) is 0 Å². The molecule has 2 rings (SSSR count). The van der Waals surface area contributed by atoms with E-state index in [0.717, 1.165) is 22.1 Å². The van der Waals surface area contributed by atoms with Gasteiger partial charge < -0.3 is 5.32 Å². The highest BCUT2D eigenvalue weighted by molar-refractivity contribution is 9.10. The van der Waals surface area contributed by atoms with Gasteiger partial charge in [-0.1, -0.05) is 28.1 Å². The van der Waals surface area contributed by atoms with Crippen molar-refractivity contribution in [2.24, 2.45) is 0 Å². The highest BCUT2D eigenvalue weighted by Gasteiger charge is 2.05. The number of non-ortho nitro benzene ring substituents is 1. The predicted octanol–water partition coefficient (Wildman–Crippen LogP) is 3.88. The Morgan fingerprint density at radius 2 is 1.95 bits per heavy atom. The first-order valence-electron chi connectivity index (χ1n) is 6.27. The highest BCUT2D eigenvalue weighted by Crippen LogP contribution is 2.20. The molecule has 2 aromatic rings. The first-order chi connectivity index (χ1) is 10.1. The monoisotopic (exact) mass is 345 g/mol. The van der Waals surface area contributed by atoms with Gasteiger partial charge in [0.1, 0.15) is 6.07 Å². The van der Waals surface area contributed by atoms with Crippen molar-refractivity contribution >= 4 is 27.3 Å². The molecule has 0 saturated carbocycles. The molecule has 0 atom stereocenters. The molecule has 1 N–H and O–H groups in total. The fraction of sp³-hybridized carbons (Fsp3) is 0.133. The molecular formula is C15H12BrN3O2. The third-order valence-corrected chi connectivity index (χ3v) is 3.47. The Hall–Kier alpha value is -2.39. The van der Waals surface area contributed by atoms with Crippen molar-refractivity contribution in [3.8, 4) is 6.07 Å². The van der Waals surface area contributed by atoms with Crippen LogP contribution in [0.15, 0.2) is 46.9 Å². The highest BCUT2D eigenvalue weighted by atomic mass is 79.9. The standard InChI is InChI=1S/C15H12BrN3O2/c16-13-3-6-15(12(9-13)10-17)18-8-7-11-1-4-14(5-2-11)19(20)21/h1-6,9,18H,7-8H2. The lowest BCUT2D eigenvalue weighted by Crippen LogP contribution is -2.06. The van der Waals surface area contributed by atoms with Gasteiger partial charge in [0.25, 0.3) is 5.69 Å². The molecule has 0 aliphatic heterocycles. The van der Waals surface area contributed by atoms with Crippen LogP contribution in [-0.4, -0.2) is 11.5 Å². The second kappa shape index (κ2) is 6.86. The lowest BCUT2D eigenvalue weighted by molar-refractivity contribution is -0.384. The molecule has 0 bridgehead atoms. The Kier molecular flexibility index (Phi) is 4.90. The smallest absolute Gasteiger partial charge is 0.269 e. The fourth-order valence-corrected chi connectivity index (χ4v) is 2.25. The quantitative estimate of drug-likeness (QED) is 0.658. The molecule has 0 aliphatic carbocycles. The summed E-state index contributed by atoms with van der Waals surface area (Å²) in [4.78, 5) is 10.2. The van der Waals surface area contributed by atoms with Crippen LogP contribution < -0.4 is 5.32 Å². The third-order valence-electron chi connectivity index (χ3n) is 2.98. The number of halogens is 1. The molecule has 6 heteroatoms. The number of nitriles is 1. The number of rotatable bonds is 5. The zero-order valence-electron chi connectivity index (χ0n) is 11.0. The van der Waals surface area contributed by atoms with E-state index in [-0.39, 0.29) is 5.69 Å². The average Bonchev–Trinajstić information content (AvgIpc) is 2.49. The van der Waals surface area contributed by atoms with E-state index < -0.39 is 4.92 Å². The van der Waals surface area contributed by atoms with Crippen LogP contribution in [0.25, 0.3) is 0 Å². The predicted molar refractivity (Wildman–Crippen MR) is 84.1 cm³/mol. The van der Waals surface area contributed by atoms with E-state index in [1.54, 1.807) is 18.2 Å². The van der Waals surface area contributed by atoms with Gasteiger partial charge in [-0.05, 0) is 30.2 Å². The van der Waals surface area contributed by atoms with E-state index in [1.165, 1.54) is 12.1 Å². The van der Waals surface area contributed by atoms with E-state index in [1.807, 2.05) is 12.1 Å². The van der Waals surface area contributed by atoms with Crippen LogP contribution in [0.2, 0.25) is 0 Å². The Bertz CT molecular complexity index is 693. The maximum atomic E-state index is 10.6. The van der Waals surface area contributed by atoms with Crippen LogP contribution in [0.4, 0.5) is 11.4 Å². The van der Waals surface area contributed by atoms with Crippen molar-refractivity contribution in [1.82, 2.24) is 0 Å². The minimum Gasteiger partial charge on any atom is -0.384 e. The summed E-state index contributed by atoms with van der Waals surface area (Å²) in [7, 11) is 0. The Morgan fingerprint density at radius 1 is 1.24 bits per heavy atom. The van der Waals surface area contributed by atoms with Gasteiger partial charge >= 0.3 is 0 Å². The van der Waals surface area contributed by atoms with Gasteiger partial charge in [-0.15, -0.1) is 0 Å². The average molecular weight is 346 g/mol. The van der Waals surface area contributed by atoms with Crippen LogP contribution in [-0.2, 0) is 6.42 Å². The van der Waals surface area contributed by atoms with Crippen LogP contribution >= 0.6 is 15.9 Å². The number of nitrogens with one attached hydrogen (secondary N) is 1. The van der Waals surface area contributed by atoms with E-state index in [0.29, 0.717) is 12.1 Å². The van der Waals surface area contributed by atoms with Gasteiger partial charge in [-0.2, -0.15) is 5.26 Å². The summed E-state index contributed by atoms with van der Waals surface area (Å²) in [6.07, 6.45) is 0.721. The summed E-state index contributed by atoms with van der Waals surface area (Å²) in [5.41, 5.74) is 2.45. The van der Waals surface area contributed by atoms with Crippen molar-refractivity contribution in [3.05, 3.63) is 68.2 Å². The molecule has 0 aliphatic rings. The Morgan fingerprint density at radius 3 is 2.57 bits per heavy atom. The number of nitrogens with zero attached hydrogens (tertiary/aromatic N) is 2. The van der Waals surface area contributed by atoms with E-state index in [9.17, 15) is 10.1 Å². The van der Waals surface area contributed by atoms with Gasteiger partial charge in [0.05, 0.1) is 16.2 Å². The zero-order chi connectivity index (χ0) is 15.2. The number of anilines is 1. The Balaban J connectivity index is 1.95. The minimum atomic E-state index is -0.414. The maximum Gasteiger partial charge on any atom is 0.269 e. The van der Waals surface area contributed by atoms with Crippen molar-refractivity contribution in [3.63, 3.8) is 0 Å². The van der Waals surface area contributed by atoms with Crippen molar-refractivity contribution in [1.29, 1.82) is 5.26 Å². The first kappa shape index (κ1) is 15.0. The summed E-state index contributed by atoms with van der Waals surface area (Å²) in [5, 5.41) is 22.8. The summed E-state index contributed by atoms with van der Waals surface area (Å²) in [6.45, 7) is 0.647. The van der Waals surface area contributed by atoms with E-state index >= 15 is 0 Å². The second-order valence-electron chi connectivity index (χ2n) is 4.40. The van der Waals surface area contributed by atoms with Crippen LogP contribution in [0.3, 0.4) is 0 Å². The lowest BCUT2D eigenvalue weighted by Gasteiger charge is -2.08. The second-order valence-corrected chi connectivity index (χ2v) is 5.32. The topological polar surface area (TPSA) is 79.0 Å². The molecule has 0 radical (unpaired) electrons. The molecule has 0 heterocycles. The summed E-state index contributed by atoms with van der Waals surface area (Å²) in [5.74, 6) is 0. The van der Waals surface area contributed by atoms with Crippen LogP contribution in [0.1, 0.15) is 11.1 Å². The minimum absolute atomic E-state index is 0.0892. The Labute approximate surface area is 130 Å². The molecule has 0 aromatic heterocycles. The van der Waals surface area contributed by atoms with Crippen molar-refractivity contribution in [2.75, 3.05) is 11.9 Å². The van der Waals surface area contributed by atoms with E-state index in [2.05, 4.69) is 27.3 Å². The normalized spacial score (nSPS) is 9.90. The van der Waals surface area contributed by atoms with Gasteiger partial charge in [0.15, 0.2) is 0 Å². The van der Waals surface area contributed by atoms with Crippen molar-refractivity contribution < 1.29 is 4.92 Å². The maximum absolute atomic E-state index is 10.6. The third kappa shape index (κ3) is 4.04. The van der Waals surface area contributed by atoms with Crippen LogP contribution in [0, 0.1) is 21.4 Å². The summed E-state index contributed by atoms with van der Waals surface area (Å²) >= 11 is 3.33. The number of nitro benzene ring substituents is 1. The van der Waals surface area contributed by atoms with Crippen LogP contribution in [0.5, 0.6) is 0 Å². The lowest BCUT2D eigenvalue weighted by atomic mass is 10.1. The molecule has 0 spiro atoms. The molecular weight excluding hydrogens is 334 g/mol. The van der Waals surface area contributed by atoms with Crippen molar-refractivity contribution in [2.45, 2.75) is 6.42 Å². The van der Waals surface area contributed by atoms with Gasteiger partial charge in [-0.3, -0.25) is 10.1 Å². The number of nitro groups is 1. The molecule has 5 nitrogen and oxygen atoms in total. The molecule has 0 saturated heterocycles. The SMILES string of the molecule is N#Cc1cc(Br)ccc1NCCc1ccc([N+](=O)[O-])cc1. The zero-order valence-corrected chi connectivity index (χ0v) is 12.6. The van der Waals surface area contributed by atoms with Gasteiger partial charge in [0, 0.05) is 23.2 Å². The molecule has 21 heavy (non-hydrogen) atoms. The molecule has 106 valence electrons. The molecule has 0 amide bonds. The molecule has 2 aromatic carbocycles. The summed E-state index contributed by atoms with van der Waals surface area (Å²) < 4.78 is 0.861. The number of hydrogen-bond donors (Lipinski definition) is 1. The number of hydrogen-bond acceptors (Lipinski definition) is 4. The largest absolute Gasteiger partial charge is 0.384 e. The number of benzene rings is 2. The molecule has 0 fully saturated rings. The first-order valence-corrected chi connectivity index (χ1v) is 7.06. The van der Waals surface area contributed by atoms with Gasteiger partial charge in [0.2, 0.25) is 0 Å². The molecule has 0 unspecified atom stereocenters.